The van der Waals surface area contributed by atoms with E-state index in [2.05, 4.69) is 15.0 Å². The number of carbonyl (C=O) groups excluding carboxylic acids is 1. The van der Waals surface area contributed by atoms with Gasteiger partial charge in [0.05, 0.1) is 18.8 Å². The number of rotatable bonds is 10. The monoisotopic (exact) mass is 463 g/mol. The predicted molar refractivity (Wildman–Crippen MR) is 124 cm³/mol. The third-order valence-electron chi connectivity index (χ3n) is 3.76. The van der Waals surface area contributed by atoms with Gasteiger partial charge in [0.1, 0.15) is 11.3 Å². The molecule has 0 saturated carbocycles. The second-order valence-corrected chi connectivity index (χ2v) is 10.4. The number of fused-ring (bicyclic) bond motifs is 1. The number of benzene rings is 2. The number of amides is 1. The fourth-order valence-corrected chi connectivity index (χ4v) is 5.89. The van der Waals surface area contributed by atoms with Crippen LogP contribution in [-0.2, 0) is 16.3 Å². The van der Waals surface area contributed by atoms with E-state index in [4.69, 9.17) is 25.6 Å². The number of hydrogen-bond donors (Lipinski definition) is 2. The Morgan fingerprint density at radius 2 is 1.93 bits per heavy atom. The van der Waals surface area contributed by atoms with Gasteiger partial charge in [-0.2, -0.15) is 0 Å². The Morgan fingerprint density at radius 3 is 2.73 bits per heavy atom. The highest BCUT2D eigenvalue weighted by Gasteiger charge is 2.20. The lowest BCUT2D eigenvalue weighted by atomic mass is 10.2. The fraction of sp³-hybridized carbons (Fsp3) is 0.200. The molecule has 7 nitrogen and oxygen atoms in total. The summed E-state index contributed by atoms with van der Waals surface area (Å²) in [6.45, 7) is -0.203. The smallest absolute Gasteiger partial charge is 0.413 e. The Bertz CT molecular complexity index is 1020. The average Bonchev–Trinajstić information content (AvgIpc) is 2.74. The van der Waals surface area contributed by atoms with Crippen molar-refractivity contribution in [3.8, 4) is 11.5 Å². The van der Waals surface area contributed by atoms with Crippen molar-refractivity contribution in [3.05, 3.63) is 66.9 Å². The molecule has 0 spiro atoms. The molecule has 0 aliphatic rings. The first-order valence-electron chi connectivity index (χ1n) is 9.22. The lowest BCUT2D eigenvalue weighted by molar-refractivity contribution is 0.203. The molecular formula is C20H22N3O4PS2. The van der Waals surface area contributed by atoms with Crippen molar-refractivity contribution in [2.24, 2.45) is 0 Å². The molecule has 3 rings (SSSR count). The maximum atomic E-state index is 12.1. The summed E-state index contributed by atoms with van der Waals surface area (Å²) in [4.78, 5) is 16.4. The largest absolute Gasteiger partial charge is 0.442 e. The zero-order valence-electron chi connectivity index (χ0n) is 16.3. The molecular weight excluding hydrogens is 441 g/mol. The first-order chi connectivity index (χ1) is 14.6. The van der Waals surface area contributed by atoms with E-state index >= 15 is 0 Å². The Hall–Kier alpha value is -2.16. The average molecular weight is 464 g/mol. The summed E-state index contributed by atoms with van der Waals surface area (Å²) >= 11 is 6.87. The van der Waals surface area contributed by atoms with Gasteiger partial charge < -0.3 is 19.1 Å². The van der Waals surface area contributed by atoms with E-state index in [1.54, 1.807) is 12.3 Å². The van der Waals surface area contributed by atoms with E-state index in [9.17, 15) is 4.79 Å². The summed E-state index contributed by atoms with van der Waals surface area (Å²) in [5, 5.41) is 3.57. The molecule has 0 fully saturated rings. The highest BCUT2D eigenvalue weighted by Crippen LogP contribution is 2.47. The molecule has 1 heterocycles. The SMILES string of the molecule is CCOP(=S)(CNSCNC(=O)Oc1cccc2cccnc12)Oc1ccccc1. The first-order valence-corrected chi connectivity index (χ1v) is 13.0. The molecule has 158 valence electrons. The van der Waals surface area contributed by atoms with Crippen LogP contribution < -0.4 is 19.3 Å². The topological polar surface area (TPSA) is 81.7 Å². The van der Waals surface area contributed by atoms with Gasteiger partial charge in [-0.15, -0.1) is 0 Å². The van der Waals surface area contributed by atoms with Crippen LogP contribution in [0.5, 0.6) is 11.5 Å². The van der Waals surface area contributed by atoms with Crippen molar-refractivity contribution in [1.29, 1.82) is 0 Å². The van der Waals surface area contributed by atoms with Gasteiger partial charge in [-0.3, -0.25) is 9.71 Å². The number of pyridine rings is 1. The maximum Gasteiger partial charge on any atom is 0.413 e. The van der Waals surface area contributed by atoms with Crippen molar-refractivity contribution in [1.82, 2.24) is 15.0 Å². The lowest BCUT2D eigenvalue weighted by Gasteiger charge is -2.22. The highest BCUT2D eigenvalue weighted by atomic mass is 32.5. The number of nitrogens with one attached hydrogen (secondary N) is 2. The summed E-state index contributed by atoms with van der Waals surface area (Å²) in [6, 6.07) is 18.5. The lowest BCUT2D eigenvalue weighted by Crippen LogP contribution is -2.28. The van der Waals surface area contributed by atoms with Crippen molar-refractivity contribution < 1.29 is 18.6 Å². The zero-order chi connectivity index (χ0) is 21.2. The third-order valence-corrected chi connectivity index (χ3v) is 7.22. The molecule has 1 aromatic heterocycles. The highest BCUT2D eigenvalue weighted by molar-refractivity contribution is 8.10. The molecule has 30 heavy (non-hydrogen) atoms. The second-order valence-electron chi connectivity index (χ2n) is 5.92. The van der Waals surface area contributed by atoms with Crippen molar-refractivity contribution >= 4 is 47.2 Å². The van der Waals surface area contributed by atoms with Gasteiger partial charge >= 0.3 is 6.09 Å². The van der Waals surface area contributed by atoms with Crippen LogP contribution in [0.1, 0.15) is 6.92 Å². The van der Waals surface area contributed by atoms with E-state index in [1.165, 1.54) is 11.9 Å². The normalized spacial score (nSPS) is 12.8. The standard InChI is InChI=1S/C20H22N3O4PS2/c1-2-25-28(29,27-17-10-4-3-5-11-17)14-23-30-15-22-20(24)26-18-12-6-8-16-9-7-13-21-19(16)18/h3-13,23H,2,14-15H2,1H3,(H,22,24). The number of nitrogens with zero attached hydrogens (tertiary/aromatic N) is 1. The molecule has 1 atom stereocenters. The third kappa shape index (κ3) is 6.68. The zero-order valence-corrected chi connectivity index (χ0v) is 18.8. The predicted octanol–water partition coefficient (Wildman–Crippen LogP) is 4.90. The van der Waals surface area contributed by atoms with Gasteiger partial charge in [0.2, 0.25) is 0 Å². The Morgan fingerprint density at radius 1 is 1.13 bits per heavy atom. The second kappa shape index (κ2) is 11.3. The van der Waals surface area contributed by atoms with Crippen LogP contribution in [0.2, 0.25) is 0 Å². The number of ether oxygens (including phenoxy) is 1. The Kier molecular flexibility index (Phi) is 8.48. The molecule has 2 aromatic carbocycles. The number of aromatic nitrogens is 1. The quantitative estimate of drug-likeness (QED) is 0.190. The van der Waals surface area contributed by atoms with Gasteiger partial charge in [-0.05, 0) is 43.0 Å². The number of carbonyl (C=O) groups is 1. The first kappa shape index (κ1) is 22.5. The van der Waals surface area contributed by atoms with E-state index in [-0.39, 0.29) is 5.88 Å². The van der Waals surface area contributed by atoms with E-state index in [1.807, 2.05) is 61.5 Å². The van der Waals surface area contributed by atoms with E-state index in [0.29, 0.717) is 29.9 Å². The van der Waals surface area contributed by atoms with Crippen LogP contribution in [0, 0.1) is 0 Å². The molecule has 0 bridgehead atoms. The Labute approximate surface area is 184 Å². The molecule has 0 aliphatic carbocycles. The van der Waals surface area contributed by atoms with Crippen LogP contribution in [0.3, 0.4) is 0 Å². The van der Waals surface area contributed by atoms with Gasteiger partial charge in [0.15, 0.2) is 5.75 Å². The molecule has 3 aromatic rings. The summed E-state index contributed by atoms with van der Waals surface area (Å²) in [5.41, 5.74) is 0.636. The van der Waals surface area contributed by atoms with E-state index in [0.717, 1.165) is 5.39 Å². The summed E-state index contributed by atoms with van der Waals surface area (Å²) in [7, 11) is 0. The minimum absolute atomic E-state index is 0.282. The van der Waals surface area contributed by atoms with Gasteiger partial charge in [0.25, 0.3) is 6.49 Å². The van der Waals surface area contributed by atoms with Crippen molar-refractivity contribution in [3.63, 3.8) is 0 Å². The van der Waals surface area contributed by atoms with Gasteiger partial charge in [-0.1, -0.05) is 48.3 Å². The van der Waals surface area contributed by atoms with Gasteiger partial charge in [0, 0.05) is 11.6 Å². The van der Waals surface area contributed by atoms with Gasteiger partial charge in [-0.25, -0.2) is 4.79 Å². The summed E-state index contributed by atoms with van der Waals surface area (Å²) < 4.78 is 20.1. The van der Waals surface area contributed by atoms with Crippen LogP contribution >= 0.6 is 18.4 Å². The molecule has 0 aliphatic heterocycles. The summed E-state index contributed by atoms with van der Waals surface area (Å²) in [5.74, 6) is 1.36. The van der Waals surface area contributed by atoms with Crippen LogP contribution in [-0.4, -0.2) is 29.8 Å². The minimum Gasteiger partial charge on any atom is -0.442 e. The van der Waals surface area contributed by atoms with Crippen LogP contribution in [0.4, 0.5) is 4.79 Å². The minimum atomic E-state index is -2.54. The molecule has 0 saturated heterocycles. The maximum absolute atomic E-state index is 12.1. The van der Waals surface area contributed by atoms with Crippen molar-refractivity contribution in [2.75, 3.05) is 18.8 Å². The molecule has 1 amide bonds. The fourth-order valence-electron chi connectivity index (χ4n) is 2.51. The number of hydrogen-bond acceptors (Lipinski definition) is 8. The van der Waals surface area contributed by atoms with Crippen molar-refractivity contribution in [2.45, 2.75) is 6.92 Å². The molecule has 0 radical (unpaired) electrons. The van der Waals surface area contributed by atoms with Crippen LogP contribution in [0.25, 0.3) is 10.9 Å². The number of para-hydroxylation sites is 2. The van der Waals surface area contributed by atoms with Crippen LogP contribution in [0.15, 0.2) is 66.9 Å². The molecule has 10 heteroatoms. The van der Waals surface area contributed by atoms with E-state index < -0.39 is 12.6 Å². The summed E-state index contributed by atoms with van der Waals surface area (Å²) in [6.07, 6.45) is 1.44. The molecule has 2 N–H and O–H groups in total. The molecule has 1 unspecified atom stereocenters. The Balaban J connectivity index is 1.44.